The number of rotatable bonds is 3. The molecule has 10 heteroatoms. The molecule has 0 aliphatic rings. The van der Waals surface area contributed by atoms with Crippen LogP contribution in [0.5, 0.6) is 0 Å². The first-order valence-electron chi connectivity index (χ1n) is 6.70. The summed E-state index contributed by atoms with van der Waals surface area (Å²) in [6, 6.07) is 3.43. The van der Waals surface area contributed by atoms with Crippen LogP contribution in [-0.4, -0.2) is 19.7 Å². The van der Waals surface area contributed by atoms with Crippen LogP contribution < -0.4 is 0 Å². The highest BCUT2D eigenvalue weighted by molar-refractivity contribution is 7.60. The molecular weight excluding hydrogens is 369 g/mol. The smallest absolute Gasteiger partial charge is 0.390 e. The fraction of sp³-hybridized carbons (Fsp3) is 0.500. The molecule has 136 valence electrons. The third-order valence-electron chi connectivity index (χ3n) is 2.36. The van der Waals surface area contributed by atoms with Gasteiger partial charge in [0.05, 0.1) is 11.3 Å². The maximum absolute atomic E-state index is 13.0. The molecule has 1 N–H and O–H groups in total. The number of hydrogen-bond donors (Lipinski definition) is 1. The van der Waals surface area contributed by atoms with Crippen molar-refractivity contribution >= 4 is 27.8 Å². The van der Waals surface area contributed by atoms with Crippen molar-refractivity contribution in [2.45, 2.75) is 45.9 Å². The molecule has 1 rings (SSSR count). The summed E-state index contributed by atoms with van der Waals surface area (Å²) in [4.78, 5) is 5.22. The molecule has 0 radical (unpaired) electrons. The molecule has 0 spiro atoms. The monoisotopic (exact) mass is 386 g/mol. The van der Waals surface area contributed by atoms with E-state index in [4.69, 9.17) is 29.6 Å². The Balaban J connectivity index is 0.00000118. The Hall–Kier alpha value is -1.61. The summed E-state index contributed by atoms with van der Waals surface area (Å²) in [6.07, 6.45) is -4.16. The SMILES string of the molecule is CC/C(=N\OC(C)(C)C)c1cc(Cl)ccc1C(F)(F)F.N=S(=O)=O. The van der Waals surface area contributed by atoms with Gasteiger partial charge in [0.2, 0.25) is 0 Å². The molecule has 0 aromatic heterocycles. The summed E-state index contributed by atoms with van der Waals surface area (Å²) >= 11 is 5.79. The van der Waals surface area contributed by atoms with E-state index in [-0.39, 0.29) is 16.3 Å². The van der Waals surface area contributed by atoms with Crippen LogP contribution >= 0.6 is 11.6 Å². The zero-order valence-electron chi connectivity index (χ0n) is 13.5. The number of halogens is 4. The summed E-state index contributed by atoms with van der Waals surface area (Å²) in [6.45, 7) is 7.02. The number of nitrogens with zero attached hydrogens (tertiary/aromatic N) is 1. The Labute approximate surface area is 145 Å². The first-order valence-corrected chi connectivity index (χ1v) is 8.16. The number of nitrogens with one attached hydrogen (secondary N) is 1. The summed E-state index contributed by atoms with van der Waals surface area (Å²) in [5.41, 5.74) is -1.16. The lowest BCUT2D eigenvalue weighted by Crippen LogP contribution is -2.18. The lowest BCUT2D eigenvalue weighted by atomic mass is 10.0. The lowest BCUT2D eigenvalue weighted by molar-refractivity contribution is -0.137. The van der Waals surface area contributed by atoms with E-state index < -0.39 is 27.8 Å². The van der Waals surface area contributed by atoms with Crippen molar-refractivity contribution in [3.8, 4) is 0 Å². The van der Waals surface area contributed by atoms with E-state index in [1.807, 2.05) is 0 Å². The van der Waals surface area contributed by atoms with Gasteiger partial charge >= 0.3 is 16.7 Å². The van der Waals surface area contributed by atoms with Crippen molar-refractivity contribution in [1.82, 2.24) is 0 Å². The minimum atomic E-state index is -4.46. The van der Waals surface area contributed by atoms with E-state index in [2.05, 4.69) is 5.16 Å². The fourth-order valence-corrected chi connectivity index (χ4v) is 1.67. The van der Waals surface area contributed by atoms with Crippen molar-refractivity contribution in [3.05, 3.63) is 34.3 Å². The zero-order valence-corrected chi connectivity index (χ0v) is 15.1. The Kier molecular flexibility index (Phi) is 8.42. The Morgan fingerprint density at radius 3 is 2.17 bits per heavy atom. The highest BCUT2D eigenvalue weighted by Crippen LogP contribution is 2.34. The molecule has 0 unspecified atom stereocenters. The maximum Gasteiger partial charge on any atom is 0.417 e. The minimum Gasteiger partial charge on any atom is -0.390 e. The first-order chi connectivity index (χ1) is 10.8. The quantitative estimate of drug-likeness (QED) is 0.591. The molecule has 0 atom stereocenters. The van der Waals surface area contributed by atoms with Gasteiger partial charge in [0.1, 0.15) is 5.60 Å². The van der Waals surface area contributed by atoms with Gasteiger partial charge in [-0.2, -0.15) is 26.4 Å². The average Bonchev–Trinajstić information content (AvgIpc) is 2.36. The third kappa shape index (κ3) is 8.88. The van der Waals surface area contributed by atoms with E-state index in [1.54, 1.807) is 27.7 Å². The molecule has 0 aliphatic carbocycles. The largest absolute Gasteiger partial charge is 0.417 e. The fourth-order valence-electron chi connectivity index (χ4n) is 1.50. The number of hydrogen-bond acceptors (Lipinski definition) is 5. The number of alkyl halides is 3. The normalized spacial score (nSPS) is 12.2. The van der Waals surface area contributed by atoms with Crippen LogP contribution in [0.4, 0.5) is 13.2 Å². The van der Waals surface area contributed by atoms with Crippen molar-refractivity contribution in [3.63, 3.8) is 0 Å². The van der Waals surface area contributed by atoms with Crippen LogP contribution in [0.2, 0.25) is 5.02 Å². The molecule has 1 aromatic rings. The van der Waals surface area contributed by atoms with E-state index in [9.17, 15) is 13.2 Å². The van der Waals surface area contributed by atoms with Crippen molar-refractivity contribution in [2.24, 2.45) is 5.16 Å². The van der Waals surface area contributed by atoms with Crippen LogP contribution in [-0.2, 0) is 21.5 Å². The molecule has 0 heterocycles. The number of oxime groups is 1. The second-order valence-electron chi connectivity index (χ2n) is 5.52. The Morgan fingerprint density at radius 2 is 1.79 bits per heavy atom. The van der Waals surface area contributed by atoms with Gasteiger partial charge in [-0.15, -0.1) is 0 Å². The summed E-state index contributed by atoms with van der Waals surface area (Å²) in [5, 5.41) is 4.08. The molecule has 0 bridgehead atoms. The predicted molar refractivity (Wildman–Crippen MR) is 85.8 cm³/mol. The van der Waals surface area contributed by atoms with Gasteiger partial charge in [-0.05, 0) is 45.4 Å². The summed E-state index contributed by atoms with van der Waals surface area (Å²) < 4.78 is 61.9. The van der Waals surface area contributed by atoms with Crippen molar-refractivity contribution < 1.29 is 26.4 Å². The Morgan fingerprint density at radius 1 is 1.29 bits per heavy atom. The topological polar surface area (TPSA) is 79.6 Å². The molecule has 5 nitrogen and oxygen atoms in total. The molecule has 0 fully saturated rings. The maximum atomic E-state index is 13.0. The lowest BCUT2D eigenvalue weighted by Gasteiger charge is -2.18. The van der Waals surface area contributed by atoms with Crippen molar-refractivity contribution in [1.29, 1.82) is 4.78 Å². The minimum absolute atomic E-state index is 0.0447. The van der Waals surface area contributed by atoms with E-state index in [0.29, 0.717) is 6.42 Å². The third-order valence-corrected chi connectivity index (χ3v) is 2.60. The zero-order chi connectivity index (χ0) is 19.1. The highest BCUT2D eigenvalue weighted by Gasteiger charge is 2.34. The molecule has 0 aliphatic heterocycles. The van der Waals surface area contributed by atoms with Crippen LogP contribution in [0.25, 0.3) is 0 Å². The average molecular weight is 387 g/mol. The van der Waals surface area contributed by atoms with Gasteiger partial charge in [0, 0.05) is 10.6 Å². The molecule has 0 saturated carbocycles. The van der Waals surface area contributed by atoms with Gasteiger partial charge in [-0.25, -0.2) is 0 Å². The van der Waals surface area contributed by atoms with Crippen molar-refractivity contribution in [2.75, 3.05) is 0 Å². The predicted octanol–water partition coefficient (Wildman–Crippen LogP) is 4.92. The Bertz CT molecular complexity index is 689. The van der Waals surface area contributed by atoms with Crippen LogP contribution in [0, 0.1) is 4.78 Å². The second-order valence-corrected chi connectivity index (χ2v) is 6.42. The van der Waals surface area contributed by atoms with Crippen LogP contribution in [0.1, 0.15) is 45.2 Å². The molecule has 0 amide bonds. The highest BCUT2D eigenvalue weighted by atomic mass is 35.5. The van der Waals surface area contributed by atoms with Crippen LogP contribution in [0.15, 0.2) is 23.4 Å². The van der Waals surface area contributed by atoms with Gasteiger partial charge in [-0.1, -0.05) is 23.7 Å². The summed E-state index contributed by atoms with van der Waals surface area (Å²) in [5.74, 6) is 0. The summed E-state index contributed by atoms with van der Waals surface area (Å²) in [7, 11) is -2.61. The molecule has 1 aromatic carbocycles. The van der Waals surface area contributed by atoms with Gasteiger partial charge < -0.3 is 4.84 Å². The standard InChI is InChI=1S/C14H17ClF3NO.HNO2S/c1-5-12(19-20-13(2,3)4)10-8-9(15)6-7-11(10)14(16,17)18;1-4(2)3/h6-8H,5H2,1-4H3;1H/b19-12+;. The van der Waals surface area contributed by atoms with E-state index in [1.165, 1.54) is 12.1 Å². The van der Waals surface area contributed by atoms with Gasteiger partial charge in [0.15, 0.2) is 0 Å². The van der Waals surface area contributed by atoms with E-state index >= 15 is 0 Å². The van der Waals surface area contributed by atoms with Gasteiger partial charge in [-0.3, -0.25) is 0 Å². The first kappa shape index (κ1) is 22.4. The molecule has 0 saturated heterocycles. The van der Waals surface area contributed by atoms with Gasteiger partial charge in [0.25, 0.3) is 0 Å². The molecular formula is C14H18ClF3N2O3S. The van der Waals surface area contributed by atoms with E-state index in [0.717, 1.165) is 6.07 Å². The van der Waals surface area contributed by atoms with Crippen LogP contribution in [0.3, 0.4) is 0 Å². The second kappa shape index (κ2) is 9.03. The number of benzene rings is 1. The molecule has 24 heavy (non-hydrogen) atoms.